The maximum atomic E-state index is 13.5. The maximum absolute atomic E-state index is 13.5. The minimum atomic E-state index is -0.973. The predicted molar refractivity (Wildman–Crippen MR) is 73.6 cm³/mol. The lowest BCUT2D eigenvalue weighted by Gasteiger charge is -2.43. The zero-order valence-electron chi connectivity index (χ0n) is 11.5. The summed E-state index contributed by atoms with van der Waals surface area (Å²) in [5.74, 6) is -0.951. The Kier molecular flexibility index (Phi) is 3.73. The molecule has 0 bridgehead atoms. The van der Waals surface area contributed by atoms with Crippen molar-refractivity contribution in [2.75, 3.05) is 0 Å². The Morgan fingerprint density at radius 2 is 2.05 bits per heavy atom. The van der Waals surface area contributed by atoms with Gasteiger partial charge in [-0.3, -0.25) is 9.59 Å². The molecular weight excluding hydrogens is 283 g/mol. The number of nitrogens with one attached hydrogen (secondary N) is 1. The van der Waals surface area contributed by atoms with Crippen molar-refractivity contribution in [1.82, 2.24) is 10.2 Å². The Labute approximate surface area is 121 Å². The molecule has 1 atom stereocenters. The van der Waals surface area contributed by atoms with Gasteiger partial charge in [-0.15, -0.1) is 0 Å². The van der Waals surface area contributed by atoms with Gasteiger partial charge in [0.1, 0.15) is 17.4 Å². The van der Waals surface area contributed by atoms with E-state index in [4.69, 9.17) is 11.6 Å². The van der Waals surface area contributed by atoms with Crippen LogP contribution in [0.3, 0.4) is 0 Å². The molecule has 0 saturated carbocycles. The molecule has 0 aliphatic carbocycles. The molecule has 1 saturated heterocycles. The summed E-state index contributed by atoms with van der Waals surface area (Å²) in [6.45, 7) is 5.12. The van der Waals surface area contributed by atoms with E-state index in [1.165, 1.54) is 17.0 Å². The molecule has 6 heteroatoms. The first-order valence-corrected chi connectivity index (χ1v) is 6.67. The molecule has 2 rings (SSSR count). The number of rotatable bonds is 2. The van der Waals surface area contributed by atoms with Gasteiger partial charge in [0.15, 0.2) is 0 Å². The van der Waals surface area contributed by atoms with E-state index in [0.29, 0.717) is 5.56 Å². The standard InChI is InChI=1S/C14H16ClFN2O2/c1-8-12(19)18(14(2,3)13(20)17-8)7-9-4-5-10(15)11(16)6-9/h4-6,8H,7H2,1-3H3,(H,17,20). The predicted octanol–water partition coefficient (Wildman–Crippen LogP) is 2.10. The van der Waals surface area contributed by atoms with Crippen molar-refractivity contribution in [2.45, 2.75) is 38.9 Å². The Morgan fingerprint density at radius 3 is 2.65 bits per heavy atom. The van der Waals surface area contributed by atoms with Crippen molar-refractivity contribution < 1.29 is 14.0 Å². The molecule has 4 nitrogen and oxygen atoms in total. The highest BCUT2D eigenvalue weighted by Crippen LogP contribution is 2.25. The normalized spacial score (nSPS) is 21.9. The van der Waals surface area contributed by atoms with Crippen molar-refractivity contribution in [3.8, 4) is 0 Å². The van der Waals surface area contributed by atoms with E-state index in [-0.39, 0.29) is 23.4 Å². The summed E-state index contributed by atoms with van der Waals surface area (Å²) in [7, 11) is 0. The topological polar surface area (TPSA) is 49.4 Å². The molecule has 0 spiro atoms. The first-order chi connectivity index (χ1) is 9.23. The van der Waals surface area contributed by atoms with Crippen LogP contribution in [0.5, 0.6) is 0 Å². The fourth-order valence-electron chi connectivity index (χ4n) is 2.16. The molecule has 0 radical (unpaired) electrons. The van der Waals surface area contributed by atoms with Crippen LogP contribution in [0.2, 0.25) is 5.02 Å². The average molecular weight is 299 g/mol. The van der Waals surface area contributed by atoms with E-state index < -0.39 is 17.4 Å². The highest BCUT2D eigenvalue weighted by molar-refractivity contribution is 6.30. The minimum absolute atomic E-state index is 0.0316. The third-order valence-corrected chi connectivity index (χ3v) is 3.85. The Balaban J connectivity index is 2.31. The molecule has 20 heavy (non-hydrogen) atoms. The van der Waals surface area contributed by atoms with Gasteiger partial charge in [0.25, 0.3) is 0 Å². The summed E-state index contributed by atoms with van der Waals surface area (Å²) in [6.07, 6.45) is 0. The molecule has 0 aromatic heterocycles. The molecule has 1 aliphatic rings. The van der Waals surface area contributed by atoms with Crippen LogP contribution in [0, 0.1) is 5.82 Å². The molecule has 1 unspecified atom stereocenters. The van der Waals surface area contributed by atoms with Crippen LogP contribution in [0.4, 0.5) is 4.39 Å². The second-order valence-corrected chi connectivity index (χ2v) is 5.83. The summed E-state index contributed by atoms with van der Waals surface area (Å²) in [5.41, 5.74) is -0.380. The fourth-order valence-corrected chi connectivity index (χ4v) is 2.28. The molecular formula is C14H16ClFN2O2. The second kappa shape index (κ2) is 5.05. The summed E-state index contributed by atoms with van der Waals surface area (Å²) in [5, 5.41) is 2.66. The van der Waals surface area contributed by atoms with Crippen molar-refractivity contribution in [3.05, 3.63) is 34.6 Å². The monoisotopic (exact) mass is 298 g/mol. The van der Waals surface area contributed by atoms with Gasteiger partial charge in [-0.2, -0.15) is 0 Å². The van der Waals surface area contributed by atoms with Crippen molar-refractivity contribution in [2.24, 2.45) is 0 Å². The molecule has 1 aromatic carbocycles. The number of halogens is 2. The number of nitrogens with zero attached hydrogens (tertiary/aromatic N) is 1. The van der Waals surface area contributed by atoms with Crippen molar-refractivity contribution in [1.29, 1.82) is 0 Å². The first-order valence-electron chi connectivity index (χ1n) is 6.30. The molecule has 1 fully saturated rings. The number of carbonyl (C=O) groups excluding carboxylic acids is 2. The van der Waals surface area contributed by atoms with Crippen LogP contribution in [-0.4, -0.2) is 28.3 Å². The quantitative estimate of drug-likeness (QED) is 0.909. The summed E-state index contributed by atoms with van der Waals surface area (Å²) in [6, 6.07) is 3.79. The minimum Gasteiger partial charge on any atom is -0.343 e. The van der Waals surface area contributed by atoms with Gasteiger partial charge in [-0.25, -0.2) is 4.39 Å². The van der Waals surface area contributed by atoms with E-state index in [0.717, 1.165) is 0 Å². The summed E-state index contributed by atoms with van der Waals surface area (Å²) >= 11 is 5.63. The zero-order chi connectivity index (χ0) is 15.1. The van der Waals surface area contributed by atoms with E-state index in [1.807, 2.05) is 0 Å². The highest BCUT2D eigenvalue weighted by Gasteiger charge is 2.44. The molecule has 1 N–H and O–H groups in total. The van der Waals surface area contributed by atoms with Gasteiger partial charge in [0.05, 0.1) is 5.02 Å². The number of amides is 2. The molecule has 1 aliphatic heterocycles. The van der Waals surface area contributed by atoms with Crippen LogP contribution in [0.25, 0.3) is 0 Å². The van der Waals surface area contributed by atoms with Crippen LogP contribution < -0.4 is 5.32 Å². The van der Waals surface area contributed by atoms with Gasteiger partial charge in [-0.05, 0) is 38.5 Å². The maximum Gasteiger partial charge on any atom is 0.246 e. The number of carbonyl (C=O) groups is 2. The van der Waals surface area contributed by atoms with E-state index in [1.54, 1.807) is 26.8 Å². The number of hydrogen-bond acceptors (Lipinski definition) is 2. The van der Waals surface area contributed by atoms with Crippen LogP contribution in [0.15, 0.2) is 18.2 Å². The smallest absolute Gasteiger partial charge is 0.246 e. The highest BCUT2D eigenvalue weighted by atomic mass is 35.5. The Hall–Kier alpha value is -1.62. The number of piperazine rings is 1. The van der Waals surface area contributed by atoms with Gasteiger partial charge in [-0.1, -0.05) is 17.7 Å². The van der Waals surface area contributed by atoms with Crippen molar-refractivity contribution >= 4 is 23.4 Å². The van der Waals surface area contributed by atoms with E-state index in [9.17, 15) is 14.0 Å². The Bertz CT molecular complexity index is 574. The zero-order valence-corrected chi connectivity index (χ0v) is 12.3. The van der Waals surface area contributed by atoms with Crippen LogP contribution in [0.1, 0.15) is 26.3 Å². The van der Waals surface area contributed by atoms with Gasteiger partial charge in [0, 0.05) is 6.54 Å². The van der Waals surface area contributed by atoms with Gasteiger partial charge < -0.3 is 10.2 Å². The van der Waals surface area contributed by atoms with Gasteiger partial charge in [0.2, 0.25) is 11.8 Å². The third kappa shape index (κ3) is 2.50. The van der Waals surface area contributed by atoms with Gasteiger partial charge >= 0.3 is 0 Å². The molecule has 1 aromatic rings. The SMILES string of the molecule is CC1NC(=O)C(C)(C)N(Cc2ccc(Cl)c(F)c2)C1=O. The molecule has 108 valence electrons. The lowest BCUT2D eigenvalue weighted by atomic mass is 9.95. The number of hydrogen-bond donors (Lipinski definition) is 1. The largest absolute Gasteiger partial charge is 0.343 e. The van der Waals surface area contributed by atoms with Crippen LogP contribution >= 0.6 is 11.6 Å². The molecule has 2 amide bonds. The summed E-state index contributed by atoms with van der Waals surface area (Å²) in [4.78, 5) is 25.7. The Morgan fingerprint density at radius 1 is 1.40 bits per heavy atom. The van der Waals surface area contributed by atoms with E-state index >= 15 is 0 Å². The second-order valence-electron chi connectivity index (χ2n) is 5.43. The first kappa shape index (κ1) is 14.8. The van der Waals surface area contributed by atoms with Crippen LogP contribution in [-0.2, 0) is 16.1 Å². The fraction of sp³-hybridized carbons (Fsp3) is 0.429. The van der Waals surface area contributed by atoms with E-state index in [2.05, 4.69) is 5.32 Å². The lowest BCUT2D eigenvalue weighted by Crippen LogP contribution is -2.67. The summed E-state index contributed by atoms with van der Waals surface area (Å²) < 4.78 is 13.5. The third-order valence-electron chi connectivity index (χ3n) is 3.54. The lowest BCUT2D eigenvalue weighted by molar-refractivity contribution is -0.155. The van der Waals surface area contributed by atoms with Crippen molar-refractivity contribution in [3.63, 3.8) is 0 Å². The molecule has 1 heterocycles. The number of benzene rings is 1. The average Bonchev–Trinajstić information content (AvgIpc) is 2.37.